The molecule has 1 heteroatoms. The topological polar surface area (TPSA) is 0 Å². The van der Waals surface area contributed by atoms with Gasteiger partial charge in [-0.25, -0.2) is 0 Å². The molecule has 0 spiro atoms. The summed E-state index contributed by atoms with van der Waals surface area (Å²) >= 11 is 0. The predicted octanol–water partition coefficient (Wildman–Crippen LogP) is 11.0. The Morgan fingerprint density at radius 3 is 1.28 bits per heavy atom. The minimum Gasteiger partial charge on any atom is -0.0623 e. The fourth-order valence-corrected chi connectivity index (χ4v) is 13.5. The van der Waals surface area contributed by atoms with Crippen LogP contribution < -0.4 is 20.7 Å². The standard InChI is InChI=1S/C52H36Si/c1-5-15-37(16-6-1)42-33-43(35-44(34-42)49-31-29-40-28-27-38-17-13-18-39-30-32-50(49)52(40)51(38)39)41-19-14-26-48(36-41)53(45-20-7-2-8-21-45,46-22-9-3-10-23-46)47-24-11-4-12-25-47/h1-36H. The van der Waals surface area contributed by atoms with E-state index in [1.54, 1.807) is 0 Å². The molecule has 0 heterocycles. The Labute approximate surface area is 311 Å². The van der Waals surface area contributed by atoms with Crippen LogP contribution in [0.25, 0.3) is 65.7 Å². The first kappa shape index (κ1) is 31.2. The Bertz CT molecular complexity index is 2750. The van der Waals surface area contributed by atoms with Crippen molar-refractivity contribution in [2.45, 2.75) is 0 Å². The lowest BCUT2D eigenvalue weighted by atomic mass is 9.88. The van der Waals surface area contributed by atoms with Crippen LogP contribution >= 0.6 is 0 Å². The lowest BCUT2D eigenvalue weighted by molar-refractivity contribution is 1.58. The highest BCUT2D eigenvalue weighted by molar-refractivity contribution is 7.19. The summed E-state index contributed by atoms with van der Waals surface area (Å²) in [7, 11) is -2.69. The van der Waals surface area contributed by atoms with Crippen LogP contribution in [0.5, 0.6) is 0 Å². The molecule has 0 aromatic heterocycles. The van der Waals surface area contributed by atoms with Crippen LogP contribution in [0.2, 0.25) is 0 Å². The molecule has 0 aliphatic rings. The molecule has 53 heavy (non-hydrogen) atoms. The summed E-state index contributed by atoms with van der Waals surface area (Å²) in [5.74, 6) is 0. The molecule has 0 bridgehead atoms. The maximum Gasteiger partial charge on any atom is 0.179 e. The molecule has 0 saturated heterocycles. The number of hydrogen-bond acceptors (Lipinski definition) is 0. The number of rotatable bonds is 7. The van der Waals surface area contributed by atoms with Gasteiger partial charge in [0.1, 0.15) is 0 Å². The van der Waals surface area contributed by atoms with Crippen molar-refractivity contribution < 1.29 is 0 Å². The third-order valence-electron chi connectivity index (χ3n) is 11.1. The maximum absolute atomic E-state index is 2.69. The smallest absolute Gasteiger partial charge is 0.0623 e. The first-order valence-electron chi connectivity index (χ1n) is 18.4. The molecule has 0 aliphatic carbocycles. The lowest BCUT2D eigenvalue weighted by Crippen LogP contribution is -2.74. The molecular weight excluding hydrogens is 653 g/mol. The van der Waals surface area contributed by atoms with Crippen LogP contribution in [0.1, 0.15) is 0 Å². The first-order chi connectivity index (χ1) is 26.3. The molecule has 0 N–H and O–H groups in total. The van der Waals surface area contributed by atoms with Gasteiger partial charge in [-0.2, -0.15) is 0 Å². The zero-order valence-electron chi connectivity index (χ0n) is 29.3. The van der Waals surface area contributed by atoms with Crippen molar-refractivity contribution in [2.75, 3.05) is 0 Å². The molecule has 10 aromatic carbocycles. The van der Waals surface area contributed by atoms with Crippen LogP contribution in [-0.4, -0.2) is 8.07 Å². The number of benzene rings is 10. The molecule has 0 fully saturated rings. The summed E-state index contributed by atoms with van der Waals surface area (Å²) in [4.78, 5) is 0. The third-order valence-corrected chi connectivity index (χ3v) is 15.9. The van der Waals surface area contributed by atoms with Gasteiger partial charge in [0.15, 0.2) is 8.07 Å². The van der Waals surface area contributed by atoms with E-state index < -0.39 is 8.07 Å². The monoisotopic (exact) mass is 688 g/mol. The van der Waals surface area contributed by atoms with E-state index in [0.717, 1.165) is 0 Å². The Morgan fingerprint density at radius 1 is 0.245 bits per heavy atom. The fourth-order valence-electron chi connectivity index (χ4n) is 8.73. The largest absolute Gasteiger partial charge is 0.179 e. The molecular formula is C52H36Si. The van der Waals surface area contributed by atoms with Gasteiger partial charge < -0.3 is 0 Å². The van der Waals surface area contributed by atoms with E-state index in [1.165, 1.54) is 86.4 Å². The fraction of sp³-hybridized carbons (Fsp3) is 0. The van der Waals surface area contributed by atoms with Gasteiger partial charge in [-0.05, 0) is 105 Å². The lowest BCUT2D eigenvalue weighted by Gasteiger charge is -2.34. The average molecular weight is 689 g/mol. The van der Waals surface area contributed by atoms with Crippen LogP contribution in [0.15, 0.2) is 218 Å². The summed E-state index contributed by atoms with van der Waals surface area (Å²) in [5, 5.41) is 13.3. The molecule has 0 amide bonds. The molecule has 0 unspecified atom stereocenters. The normalized spacial score (nSPS) is 11.8. The highest BCUT2D eigenvalue weighted by Crippen LogP contribution is 2.41. The summed E-state index contributed by atoms with van der Waals surface area (Å²) in [6, 6.07) is 81.4. The van der Waals surface area contributed by atoms with Crippen molar-refractivity contribution in [1.82, 2.24) is 0 Å². The predicted molar refractivity (Wildman–Crippen MR) is 230 cm³/mol. The van der Waals surface area contributed by atoms with Crippen LogP contribution in [-0.2, 0) is 0 Å². The van der Waals surface area contributed by atoms with E-state index in [4.69, 9.17) is 0 Å². The van der Waals surface area contributed by atoms with Crippen LogP contribution in [0, 0.1) is 0 Å². The van der Waals surface area contributed by atoms with Gasteiger partial charge in [0.2, 0.25) is 0 Å². The van der Waals surface area contributed by atoms with E-state index in [-0.39, 0.29) is 0 Å². The van der Waals surface area contributed by atoms with Gasteiger partial charge >= 0.3 is 0 Å². The van der Waals surface area contributed by atoms with Crippen molar-refractivity contribution in [1.29, 1.82) is 0 Å². The summed E-state index contributed by atoms with van der Waals surface area (Å²) in [6.07, 6.45) is 0. The van der Waals surface area contributed by atoms with Gasteiger partial charge in [-0.1, -0.05) is 200 Å². The van der Waals surface area contributed by atoms with Gasteiger partial charge in [0.25, 0.3) is 0 Å². The molecule has 0 aliphatic heterocycles. The molecule has 0 nitrogen and oxygen atoms in total. The van der Waals surface area contributed by atoms with E-state index in [9.17, 15) is 0 Å². The van der Waals surface area contributed by atoms with Crippen molar-refractivity contribution in [3.8, 4) is 33.4 Å². The molecule has 10 aromatic rings. The molecule has 248 valence electrons. The van der Waals surface area contributed by atoms with Gasteiger partial charge in [-0.15, -0.1) is 0 Å². The van der Waals surface area contributed by atoms with Crippen molar-refractivity contribution in [3.63, 3.8) is 0 Å². The Balaban J connectivity index is 1.23. The highest BCUT2D eigenvalue weighted by atomic mass is 28.3. The van der Waals surface area contributed by atoms with Crippen molar-refractivity contribution >= 4 is 61.1 Å². The zero-order chi connectivity index (χ0) is 35.2. The SMILES string of the molecule is c1ccc(-c2cc(-c3cccc([Si](c4ccccc4)(c4ccccc4)c4ccccc4)c3)cc(-c3ccc4ccc5cccc6ccc3c4c56)c2)cc1. The average Bonchev–Trinajstić information content (AvgIpc) is 3.24. The second-order valence-corrected chi connectivity index (χ2v) is 17.9. The van der Waals surface area contributed by atoms with Crippen molar-refractivity contribution in [2.24, 2.45) is 0 Å². The van der Waals surface area contributed by atoms with E-state index >= 15 is 0 Å². The Kier molecular flexibility index (Phi) is 7.60. The van der Waals surface area contributed by atoms with Gasteiger partial charge in [0.05, 0.1) is 0 Å². The summed E-state index contributed by atoms with van der Waals surface area (Å²) in [5.41, 5.74) is 7.35. The molecule has 0 atom stereocenters. The Hall–Kier alpha value is -6.54. The van der Waals surface area contributed by atoms with Crippen molar-refractivity contribution in [3.05, 3.63) is 218 Å². The Morgan fingerprint density at radius 2 is 0.679 bits per heavy atom. The van der Waals surface area contributed by atoms with Crippen LogP contribution in [0.4, 0.5) is 0 Å². The number of hydrogen-bond donors (Lipinski definition) is 0. The molecule has 0 radical (unpaired) electrons. The third kappa shape index (κ3) is 5.20. The minimum atomic E-state index is -2.69. The molecule has 10 rings (SSSR count). The first-order valence-corrected chi connectivity index (χ1v) is 20.4. The summed E-state index contributed by atoms with van der Waals surface area (Å²) < 4.78 is 0. The second-order valence-electron chi connectivity index (χ2n) is 14.1. The quantitative estimate of drug-likeness (QED) is 0.0888. The summed E-state index contributed by atoms with van der Waals surface area (Å²) in [6.45, 7) is 0. The molecule has 0 saturated carbocycles. The van der Waals surface area contributed by atoms with Crippen LogP contribution in [0.3, 0.4) is 0 Å². The zero-order valence-corrected chi connectivity index (χ0v) is 30.3. The van der Waals surface area contributed by atoms with Gasteiger partial charge in [0, 0.05) is 0 Å². The maximum atomic E-state index is 2.48. The highest BCUT2D eigenvalue weighted by Gasteiger charge is 2.41. The second kappa shape index (κ2) is 12.9. The van der Waals surface area contributed by atoms with Gasteiger partial charge in [-0.3, -0.25) is 0 Å². The van der Waals surface area contributed by atoms with E-state index in [1.807, 2.05) is 0 Å². The van der Waals surface area contributed by atoms with E-state index in [0.29, 0.717) is 0 Å². The van der Waals surface area contributed by atoms with E-state index in [2.05, 4.69) is 218 Å². The minimum absolute atomic E-state index is 1.21.